The summed E-state index contributed by atoms with van der Waals surface area (Å²) in [5, 5.41) is 6.40. The zero-order valence-corrected chi connectivity index (χ0v) is 7.73. The van der Waals surface area contributed by atoms with Gasteiger partial charge in [0.2, 0.25) is 10.7 Å². The molecule has 6 heteroatoms. The Morgan fingerprint density at radius 1 is 1.83 bits per heavy atom. The van der Waals surface area contributed by atoms with E-state index in [-0.39, 0.29) is 5.91 Å². The zero-order valence-electron chi connectivity index (χ0n) is 6.92. The van der Waals surface area contributed by atoms with Gasteiger partial charge in [0.15, 0.2) is 0 Å². The Balaban J connectivity index is 2.88. The van der Waals surface area contributed by atoms with Gasteiger partial charge in [0.1, 0.15) is 5.82 Å². The largest absolute Gasteiger partial charge is 0.273 e. The van der Waals surface area contributed by atoms with Crippen LogP contribution in [-0.2, 0) is 4.79 Å². The van der Waals surface area contributed by atoms with Crippen LogP contribution in [0.3, 0.4) is 0 Å². The highest BCUT2D eigenvalue weighted by Crippen LogP contribution is 1.92. The molecule has 0 atom stereocenters. The SMILES string of the molecule is CCC(=O)Nn1c(C)n[nH]c1=S. The van der Waals surface area contributed by atoms with Crippen molar-refractivity contribution in [3.8, 4) is 0 Å². The fraction of sp³-hybridized carbons (Fsp3) is 0.500. The van der Waals surface area contributed by atoms with Gasteiger partial charge >= 0.3 is 0 Å². The second-order valence-electron chi connectivity index (χ2n) is 2.30. The molecule has 0 saturated heterocycles. The molecule has 1 aromatic rings. The Hall–Kier alpha value is -1.17. The predicted octanol–water partition coefficient (Wildman–Crippen LogP) is 0.729. The van der Waals surface area contributed by atoms with Gasteiger partial charge < -0.3 is 0 Å². The van der Waals surface area contributed by atoms with E-state index in [1.807, 2.05) is 0 Å². The number of aromatic amines is 1. The number of hydrogen-bond acceptors (Lipinski definition) is 3. The average molecular weight is 186 g/mol. The predicted molar refractivity (Wildman–Crippen MR) is 46.8 cm³/mol. The average Bonchev–Trinajstić information content (AvgIpc) is 2.35. The minimum Gasteiger partial charge on any atom is -0.273 e. The normalized spacial score (nSPS) is 9.83. The first kappa shape index (κ1) is 8.92. The van der Waals surface area contributed by atoms with E-state index in [2.05, 4.69) is 15.6 Å². The Labute approximate surface area is 74.8 Å². The second-order valence-corrected chi connectivity index (χ2v) is 2.69. The molecule has 66 valence electrons. The Morgan fingerprint density at radius 2 is 2.50 bits per heavy atom. The van der Waals surface area contributed by atoms with Crippen molar-refractivity contribution >= 4 is 18.1 Å². The lowest BCUT2D eigenvalue weighted by Gasteiger charge is -2.03. The summed E-state index contributed by atoms with van der Waals surface area (Å²) >= 11 is 4.87. The Morgan fingerprint density at radius 3 is 2.92 bits per heavy atom. The molecule has 1 rings (SSSR count). The summed E-state index contributed by atoms with van der Waals surface area (Å²) in [5.74, 6) is 0.553. The van der Waals surface area contributed by atoms with E-state index in [0.717, 1.165) is 0 Å². The number of aryl methyl sites for hydroxylation is 1. The van der Waals surface area contributed by atoms with Gasteiger partial charge in [0.05, 0.1) is 0 Å². The molecule has 1 amide bonds. The lowest BCUT2D eigenvalue weighted by atomic mass is 10.5. The number of hydrogen-bond donors (Lipinski definition) is 2. The van der Waals surface area contributed by atoms with Crippen LogP contribution in [0, 0.1) is 11.7 Å². The molecule has 0 aromatic carbocycles. The van der Waals surface area contributed by atoms with Crippen molar-refractivity contribution in [2.24, 2.45) is 0 Å². The molecular formula is C6H10N4OS. The summed E-state index contributed by atoms with van der Waals surface area (Å²) in [6, 6.07) is 0. The van der Waals surface area contributed by atoms with Gasteiger partial charge in [0.25, 0.3) is 0 Å². The van der Waals surface area contributed by atoms with Gasteiger partial charge in [-0.05, 0) is 19.1 Å². The maximum Gasteiger partial charge on any atom is 0.238 e. The van der Waals surface area contributed by atoms with Crippen molar-refractivity contribution in [1.82, 2.24) is 14.9 Å². The van der Waals surface area contributed by atoms with Crippen LogP contribution in [0.1, 0.15) is 19.2 Å². The van der Waals surface area contributed by atoms with Gasteiger partial charge in [-0.2, -0.15) is 5.10 Å². The summed E-state index contributed by atoms with van der Waals surface area (Å²) in [6.07, 6.45) is 0.423. The number of nitrogens with zero attached hydrogens (tertiary/aromatic N) is 2. The van der Waals surface area contributed by atoms with E-state index < -0.39 is 0 Å². The maximum absolute atomic E-state index is 11.0. The molecule has 0 radical (unpaired) electrons. The molecular weight excluding hydrogens is 176 g/mol. The molecule has 0 aliphatic carbocycles. The lowest BCUT2D eigenvalue weighted by Crippen LogP contribution is -2.22. The third kappa shape index (κ3) is 1.70. The molecule has 0 aliphatic rings. The molecule has 5 nitrogen and oxygen atoms in total. The maximum atomic E-state index is 11.0. The summed E-state index contributed by atoms with van der Waals surface area (Å²) in [7, 11) is 0. The number of H-pyrrole nitrogens is 1. The van der Waals surface area contributed by atoms with Crippen molar-refractivity contribution in [2.45, 2.75) is 20.3 Å². The first-order valence-corrected chi connectivity index (χ1v) is 4.00. The van der Waals surface area contributed by atoms with E-state index in [4.69, 9.17) is 12.2 Å². The third-order valence-electron chi connectivity index (χ3n) is 1.40. The van der Waals surface area contributed by atoms with Crippen LogP contribution in [0.2, 0.25) is 0 Å². The summed E-state index contributed by atoms with van der Waals surface area (Å²) in [4.78, 5) is 11.0. The monoisotopic (exact) mass is 186 g/mol. The summed E-state index contributed by atoms with van der Waals surface area (Å²) in [6.45, 7) is 3.52. The fourth-order valence-electron chi connectivity index (χ4n) is 0.711. The van der Waals surface area contributed by atoms with Crippen LogP contribution in [-0.4, -0.2) is 20.8 Å². The molecule has 1 heterocycles. The molecule has 12 heavy (non-hydrogen) atoms. The smallest absolute Gasteiger partial charge is 0.238 e. The number of carbonyl (C=O) groups excluding carboxylic acids is 1. The van der Waals surface area contributed by atoms with Gasteiger partial charge in [0, 0.05) is 6.42 Å². The van der Waals surface area contributed by atoms with E-state index >= 15 is 0 Å². The minimum absolute atomic E-state index is 0.0874. The van der Waals surface area contributed by atoms with Crippen molar-refractivity contribution in [3.63, 3.8) is 0 Å². The van der Waals surface area contributed by atoms with Crippen molar-refractivity contribution < 1.29 is 4.79 Å². The quantitative estimate of drug-likeness (QED) is 0.669. The van der Waals surface area contributed by atoms with Gasteiger partial charge in [-0.15, -0.1) is 0 Å². The molecule has 0 spiro atoms. The standard InChI is InChI=1S/C6H10N4OS/c1-3-5(11)9-10-4(2)7-8-6(10)12/h3H2,1-2H3,(H,8,12)(H,9,11). The van der Waals surface area contributed by atoms with E-state index in [1.165, 1.54) is 4.68 Å². The molecule has 0 aliphatic heterocycles. The molecule has 0 fully saturated rings. The number of rotatable bonds is 2. The number of carbonyl (C=O) groups is 1. The van der Waals surface area contributed by atoms with Crippen LogP contribution in [0.25, 0.3) is 0 Å². The van der Waals surface area contributed by atoms with Gasteiger partial charge in [-0.25, -0.2) is 4.68 Å². The summed E-state index contributed by atoms with van der Waals surface area (Å²) in [5.41, 5.74) is 2.59. The molecule has 2 N–H and O–H groups in total. The minimum atomic E-state index is -0.0874. The van der Waals surface area contributed by atoms with Crippen LogP contribution >= 0.6 is 12.2 Å². The van der Waals surface area contributed by atoms with Gasteiger partial charge in [-0.3, -0.25) is 15.3 Å². The second kappa shape index (κ2) is 3.48. The van der Waals surface area contributed by atoms with Crippen LogP contribution in [0.4, 0.5) is 0 Å². The highest BCUT2D eigenvalue weighted by Gasteiger charge is 2.02. The first-order valence-electron chi connectivity index (χ1n) is 3.59. The van der Waals surface area contributed by atoms with E-state index in [1.54, 1.807) is 13.8 Å². The van der Waals surface area contributed by atoms with Crippen LogP contribution in [0.5, 0.6) is 0 Å². The first-order chi connectivity index (χ1) is 5.65. The third-order valence-corrected chi connectivity index (χ3v) is 1.67. The Bertz CT molecular complexity index is 340. The zero-order chi connectivity index (χ0) is 9.14. The van der Waals surface area contributed by atoms with Crippen molar-refractivity contribution in [1.29, 1.82) is 0 Å². The summed E-state index contributed by atoms with van der Waals surface area (Å²) < 4.78 is 1.84. The fourth-order valence-corrected chi connectivity index (χ4v) is 0.935. The number of nitrogens with one attached hydrogen (secondary N) is 2. The van der Waals surface area contributed by atoms with Crippen LogP contribution in [0.15, 0.2) is 0 Å². The van der Waals surface area contributed by atoms with Gasteiger partial charge in [-0.1, -0.05) is 6.92 Å². The number of aromatic nitrogens is 3. The van der Waals surface area contributed by atoms with Crippen molar-refractivity contribution in [2.75, 3.05) is 5.43 Å². The van der Waals surface area contributed by atoms with Crippen molar-refractivity contribution in [3.05, 3.63) is 10.6 Å². The van der Waals surface area contributed by atoms with Crippen LogP contribution < -0.4 is 5.43 Å². The highest BCUT2D eigenvalue weighted by atomic mass is 32.1. The lowest BCUT2D eigenvalue weighted by molar-refractivity contribution is -0.116. The number of amides is 1. The molecule has 0 saturated carbocycles. The Kier molecular flexibility index (Phi) is 2.59. The molecule has 0 unspecified atom stereocenters. The topological polar surface area (TPSA) is 62.7 Å². The van der Waals surface area contributed by atoms with E-state index in [9.17, 15) is 4.79 Å². The van der Waals surface area contributed by atoms with E-state index in [0.29, 0.717) is 17.0 Å². The molecule has 0 bridgehead atoms. The highest BCUT2D eigenvalue weighted by molar-refractivity contribution is 7.71. The molecule has 1 aromatic heterocycles.